The molecule has 1 saturated heterocycles. The summed E-state index contributed by atoms with van der Waals surface area (Å²) in [6, 6.07) is 3.86. The Morgan fingerprint density at radius 2 is 2.00 bits per heavy atom. The van der Waals surface area contributed by atoms with Crippen molar-refractivity contribution < 1.29 is 18.1 Å². The van der Waals surface area contributed by atoms with E-state index in [0.717, 1.165) is 4.31 Å². The van der Waals surface area contributed by atoms with Crippen molar-refractivity contribution in [1.29, 1.82) is 0 Å². The van der Waals surface area contributed by atoms with E-state index in [9.17, 15) is 23.3 Å². The maximum atomic E-state index is 11.9. The Hall–Kier alpha value is -2.16. The number of nitrogens with zero attached hydrogens (tertiary/aromatic N) is 2. The van der Waals surface area contributed by atoms with Crippen LogP contribution < -0.4 is 5.73 Å². The largest absolute Gasteiger partial charge is 0.393 e. The van der Waals surface area contributed by atoms with Crippen molar-refractivity contribution in [3.8, 4) is 0 Å². The second-order valence-electron chi connectivity index (χ2n) is 4.98. The SMILES string of the molecule is CC1(C)C(=O)N(Cc2ccc([N+](=O)[O-])c(N)c2)S1(=O)=O. The fraction of sp³-hybridized carbons (Fsp3) is 0.364. The zero-order chi connectivity index (χ0) is 15.3. The molecular weight excluding hydrogens is 286 g/mol. The topological polar surface area (TPSA) is 124 Å². The van der Waals surface area contributed by atoms with Crippen LogP contribution in [0.5, 0.6) is 0 Å². The molecule has 20 heavy (non-hydrogen) atoms. The predicted molar refractivity (Wildman–Crippen MR) is 71.1 cm³/mol. The molecule has 1 amide bonds. The number of amides is 1. The highest BCUT2D eigenvalue weighted by Crippen LogP contribution is 2.36. The summed E-state index contributed by atoms with van der Waals surface area (Å²) in [5.74, 6) is -0.505. The Morgan fingerprint density at radius 3 is 2.45 bits per heavy atom. The fourth-order valence-corrected chi connectivity index (χ4v) is 3.46. The lowest BCUT2D eigenvalue weighted by atomic mass is 10.1. The third kappa shape index (κ3) is 1.82. The Bertz CT molecular complexity index is 711. The van der Waals surface area contributed by atoms with Crippen molar-refractivity contribution in [3.63, 3.8) is 0 Å². The van der Waals surface area contributed by atoms with E-state index in [0.29, 0.717) is 5.56 Å². The van der Waals surface area contributed by atoms with Gasteiger partial charge in [-0.15, -0.1) is 0 Å². The molecule has 0 aliphatic carbocycles. The molecule has 108 valence electrons. The van der Waals surface area contributed by atoms with Crippen molar-refractivity contribution in [2.24, 2.45) is 0 Å². The maximum absolute atomic E-state index is 11.9. The number of hydrogen-bond acceptors (Lipinski definition) is 6. The number of anilines is 1. The van der Waals surface area contributed by atoms with Gasteiger partial charge >= 0.3 is 0 Å². The standard InChI is InChI=1S/C11H13N3O5S/c1-11(2)10(15)13(20(11,18)19)6-7-3-4-9(14(16)17)8(12)5-7/h3-5H,6,12H2,1-2H3. The number of sulfonamides is 1. The Morgan fingerprint density at radius 1 is 1.40 bits per heavy atom. The van der Waals surface area contributed by atoms with Crippen molar-refractivity contribution >= 4 is 27.3 Å². The van der Waals surface area contributed by atoms with Crippen LogP contribution in [0.4, 0.5) is 11.4 Å². The number of benzene rings is 1. The summed E-state index contributed by atoms with van der Waals surface area (Å²) in [4.78, 5) is 21.8. The molecule has 2 rings (SSSR count). The van der Waals surface area contributed by atoms with Gasteiger partial charge in [0.2, 0.25) is 0 Å². The van der Waals surface area contributed by atoms with Gasteiger partial charge in [-0.05, 0) is 25.5 Å². The molecule has 0 atom stereocenters. The number of hydrogen-bond donors (Lipinski definition) is 1. The molecule has 0 spiro atoms. The lowest BCUT2D eigenvalue weighted by Gasteiger charge is -2.43. The molecule has 0 aromatic heterocycles. The predicted octanol–water partition coefficient (Wildman–Crippen LogP) is 0.628. The van der Waals surface area contributed by atoms with Gasteiger partial charge in [-0.1, -0.05) is 6.07 Å². The molecule has 1 aromatic rings. The quantitative estimate of drug-likeness (QED) is 0.496. The van der Waals surface area contributed by atoms with Crippen molar-refractivity contribution in [1.82, 2.24) is 4.31 Å². The minimum atomic E-state index is -3.68. The normalized spacial score (nSPS) is 19.5. The van der Waals surface area contributed by atoms with Gasteiger partial charge in [0.1, 0.15) is 5.69 Å². The molecule has 0 saturated carbocycles. The zero-order valence-electron chi connectivity index (χ0n) is 10.9. The van der Waals surface area contributed by atoms with E-state index in [-0.39, 0.29) is 17.9 Å². The van der Waals surface area contributed by atoms with E-state index in [4.69, 9.17) is 5.73 Å². The average molecular weight is 299 g/mol. The lowest BCUT2D eigenvalue weighted by molar-refractivity contribution is -0.383. The van der Waals surface area contributed by atoms with Crippen LogP contribution in [0.2, 0.25) is 0 Å². The van der Waals surface area contributed by atoms with Crippen molar-refractivity contribution in [2.45, 2.75) is 25.1 Å². The summed E-state index contributed by atoms with van der Waals surface area (Å²) < 4.78 is 23.1. The van der Waals surface area contributed by atoms with E-state index < -0.39 is 25.6 Å². The molecule has 0 bridgehead atoms. The van der Waals surface area contributed by atoms with E-state index >= 15 is 0 Å². The Kier molecular flexibility index (Phi) is 2.97. The Labute approximate surface area is 115 Å². The average Bonchev–Trinajstić information content (AvgIpc) is 2.34. The van der Waals surface area contributed by atoms with Crippen LogP contribution in [0, 0.1) is 10.1 Å². The highest BCUT2D eigenvalue weighted by molar-refractivity contribution is 7.94. The van der Waals surface area contributed by atoms with Crippen LogP contribution in [0.25, 0.3) is 0 Å². The third-order valence-electron chi connectivity index (χ3n) is 3.29. The molecule has 9 heteroatoms. The van der Waals surface area contributed by atoms with E-state index in [1.165, 1.54) is 32.0 Å². The van der Waals surface area contributed by atoms with E-state index in [1.54, 1.807) is 0 Å². The monoisotopic (exact) mass is 299 g/mol. The van der Waals surface area contributed by atoms with Gasteiger partial charge in [0, 0.05) is 6.07 Å². The van der Waals surface area contributed by atoms with Crippen molar-refractivity contribution in [3.05, 3.63) is 33.9 Å². The minimum absolute atomic E-state index is 0.0721. The summed E-state index contributed by atoms with van der Waals surface area (Å²) in [6.07, 6.45) is 0. The highest BCUT2D eigenvalue weighted by atomic mass is 32.2. The minimum Gasteiger partial charge on any atom is -0.393 e. The van der Waals surface area contributed by atoms with Gasteiger partial charge in [-0.3, -0.25) is 14.9 Å². The van der Waals surface area contributed by atoms with Gasteiger partial charge in [0.05, 0.1) is 11.5 Å². The first kappa shape index (κ1) is 14.3. The number of nitrogens with two attached hydrogens (primary N) is 1. The molecule has 0 unspecified atom stereocenters. The molecular formula is C11H13N3O5S. The molecule has 1 heterocycles. The first-order valence-electron chi connectivity index (χ1n) is 5.68. The first-order chi connectivity index (χ1) is 9.09. The van der Waals surface area contributed by atoms with Crippen molar-refractivity contribution in [2.75, 3.05) is 5.73 Å². The second kappa shape index (κ2) is 4.17. The molecule has 1 aromatic carbocycles. The van der Waals surface area contributed by atoms with Crippen LogP contribution in [-0.2, 0) is 21.4 Å². The van der Waals surface area contributed by atoms with Crippen LogP contribution >= 0.6 is 0 Å². The Balaban J connectivity index is 2.27. The summed E-state index contributed by atoms with van der Waals surface area (Å²) in [7, 11) is -3.68. The lowest BCUT2D eigenvalue weighted by Crippen LogP contribution is -2.66. The fourth-order valence-electron chi connectivity index (χ4n) is 1.95. The van der Waals surface area contributed by atoms with Crippen LogP contribution in [0.3, 0.4) is 0 Å². The van der Waals surface area contributed by atoms with Gasteiger partial charge in [-0.2, -0.15) is 0 Å². The maximum Gasteiger partial charge on any atom is 0.292 e. The second-order valence-corrected chi connectivity index (χ2v) is 7.39. The van der Waals surface area contributed by atoms with Gasteiger partial charge in [0.15, 0.2) is 4.75 Å². The van der Waals surface area contributed by atoms with Crippen LogP contribution in [0.15, 0.2) is 18.2 Å². The van der Waals surface area contributed by atoms with Gasteiger partial charge < -0.3 is 5.73 Å². The number of carbonyl (C=O) groups excluding carboxylic acids is 1. The van der Waals surface area contributed by atoms with E-state index in [2.05, 4.69) is 0 Å². The highest BCUT2D eigenvalue weighted by Gasteiger charge is 2.59. The van der Waals surface area contributed by atoms with Crippen LogP contribution in [-0.4, -0.2) is 28.3 Å². The van der Waals surface area contributed by atoms with Gasteiger partial charge in [0.25, 0.3) is 21.6 Å². The molecule has 2 N–H and O–H groups in total. The van der Waals surface area contributed by atoms with E-state index in [1.807, 2.05) is 0 Å². The smallest absolute Gasteiger partial charge is 0.292 e. The summed E-state index contributed by atoms with van der Waals surface area (Å²) in [6.45, 7) is 2.50. The zero-order valence-corrected chi connectivity index (χ0v) is 11.7. The summed E-state index contributed by atoms with van der Waals surface area (Å²) in [5.41, 5.74) is 5.61. The molecule has 8 nitrogen and oxygen atoms in total. The number of rotatable bonds is 3. The molecule has 1 aliphatic heterocycles. The number of nitro benzene ring substituents is 1. The summed E-state index contributed by atoms with van der Waals surface area (Å²) in [5, 5.41) is 10.6. The van der Waals surface area contributed by atoms with Gasteiger partial charge in [-0.25, -0.2) is 12.7 Å². The first-order valence-corrected chi connectivity index (χ1v) is 7.12. The summed E-state index contributed by atoms with van der Waals surface area (Å²) >= 11 is 0. The van der Waals surface area contributed by atoms with Crippen LogP contribution in [0.1, 0.15) is 19.4 Å². The number of nitrogen functional groups attached to an aromatic ring is 1. The molecule has 1 aliphatic rings. The molecule has 0 radical (unpaired) electrons. The number of carbonyl (C=O) groups is 1. The number of nitro groups is 1. The third-order valence-corrected chi connectivity index (χ3v) is 5.63. The molecule has 1 fully saturated rings.